The number of hydrogen-bond acceptors (Lipinski definition) is 3. The van der Waals surface area contributed by atoms with Gasteiger partial charge < -0.3 is 15.2 Å². The van der Waals surface area contributed by atoms with E-state index in [9.17, 15) is 5.11 Å². The summed E-state index contributed by atoms with van der Waals surface area (Å²) in [6.07, 6.45) is 2.34. The molecule has 0 saturated carbocycles. The molecule has 3 heteroatoms. The highest BCUT2D eigenvalue weighted by atomic mass is 16.5. The number of piperidine rings is 1. The van der Waals surface area contributed by atoms with E-state index in [0.29, 0.717) is 17.4 Å². The lowest BCUT2D eigenvalue weighted by atomic mass is 9.88. The molecule has 1 aromatic rings. The Balaban J connectivity index is 2.44. The van der Waals surface area contributed by atoms with Crippen molar-refractivity contribution in [1.82, 2.24) is 5.32 Å². The summed E-state index contributed by atoms with van der Waals surface area (Å²) in [5.41, 5.74) is 3.18. The number of hydrogen-bond donors (Lipinski definition) is 2. The highest BCUT2D eigenvalue weighted by Gasteiger charge is 2.22. The Bertz CT molecular complexity index is 409. The Morgan fingerprint density at radius 2 is 2.18 bits per heavy atom. The minimum Gasteiger partial charge on any atom is -0.504 e. The summed E-state index contributed by atoms with van der Waals surface area (Å²) >= 11 is 0. The molecule has 1 fully saturated rings. The first kappa shape index (κ1) is 12.2. The number of aromatic hydroxyl groups is 1. The van der Waals surface area contributed by atoms with Crippen LogP contribution in [0.3, 0.4) is 0 Å². The summed E-state index contributed by atoms with van der Waals surface area (Å²) < 4.78 is 5.39. The zero-order valence-electron chi connectivity index (χ0n) is 10.8. The number of phenols is 1. The number of phenolic OH excluding ortho intramolecular Hbond substituents is 1. The molecule has 0 aliphatic carbocycles. The van der Waals surface area contributed by atoms with Gasteiger partial charge in [-0.2, -0.15) is 0 Å². The van der Waals surface area contributed by atoms with Crippen molar-refractivity contribution in [2.45, 2.75) is 32.6 Å². The number of aryl methyl sites for hydroxylation is 1. The maximum absolute atomic E-state index is 10.1. The van der Waals surface area contributed by atoms with E-state index in [1.807, 2.05) is 13.8 Å². The van der Waals surface area contributed by atoms with Gasteiger partial charge in [0, 0.05) is 18.0 Å². The van der Waals surface area contributed by atoms with Crippen LogP contribution >= 0.6 is 0 Å². The van der Waals surface area contributed by atoms with Gasteiger partial charge in [0.05, 0.1) is 7.11 Å². The zero-order chi connectivity index (χ0) is 12.4. The minimum absolute atomic E-state index is 0.299. The molecule has 1 unspecified atom stereocenters. The van der Waals surface area contributed by atoms with Crippen LogP contribution < -0.4 is 10.1 Å². The molecule has 94 valence electrons. The second-order valence-electron chi connectivity index (χ2n) is 4.83. The standard InChI is InChI=1S/C14H21NO2/c1-9-7-12(11-5-4-6-15-8-11)14(17-3)13(16)10(9)2/h7,11,15-16H,4-6,8H2,1-3H3. The Morgan fingerprint density at radius 1 is 1.41 bits per heavy atom. The molecule has 2 rings (SSSR count). The van der Waals surface area contributed by atoms with Crippen LogP contribution in [0.25, 0.3) is 0 Å². The maximum atomic E-state index is 10.1. The molecule has 0 spiro atoms. The largest absolute Gasteiger partial charge is 0.504 e. The van der Waals surface area contributed by atoms with Crippen molar-refractivity contribution in [3.8, 4) is 11.5 Å². The first-order chi connectivity index (χ1) is 8.15. The van der Waals surface area contributed by atoms with Crippen molar-refractivity contribution in [2.75, 3.05) is 20.2 Å². The normalized spacial score (nSPS) is 20.3. The molecular formula is C14H21NO2. The number of benzene rings is 1. The lowest BCUT2D eigenvalue weighted by Crippen LogP contribution is -2.28. The van der Waals surface area contributed by atoms with E-state index in [2.05, 4.69) is 11.4 Å². The topological polar surface area (TPSA) is 41.5 Å². The van der Waals surface area contributed by atoms with Crippen molar-refractivity contribution in [3.05, 3.63) is 22.8 Å². The summed E-state index contributed by atoms with van der Waals surface area (Å²) in [7, 11) is 1.63. The van der Waals surface area contributed by atoms with E-state index in [-0.39, 0.29) is 0 Å². The van der Waals surface area contributed by atoms with Gasteiger partial charge in [-0.25, -0.2) is 0 Å². The number of methoxy groups -OCH3 is 1. The predicted molar refractivity (Wildman–Crippen MR) is 69.0 cm³/mol. The average Bonchev–Trinajstić information content (AvgIpc) is 2.36. The van der Waals surface area contributed by atoms with Crippen LogP contribution in [-0.4, -0.2) is 25.3 Å². The number of ether oxygens (including phenoxy) is 1. The molecule has 1 saturated heterocycles. The molecule has 1 aliphatic rings. The number of nitrogens with one attached hydrogen (secondary N) is 1. The SMILES string of the molecule is COc1c(C2CCCNC2)cc(C)c(C)c1O. The fourth-order valence-electron chi connectivity index (χ4n) is 2.54. The van der Waals surface area contributed by atoms with Crippen LogP contribution in [-0.2, 0) is 0 Å². The lowest BCUT2D eigenvalue weighted by Gasteiger charge is -2.26. The Morgan fingerprint density at radius 3 is 2.76 bits per heavy atom. The molecule has 17 heavy (non-hydrogen) atoms. The van der Waals surface area contributed by atoms with Gasteiger partial charge in [0.15, 0.2) is 11.5 Å². The summed E-state index contributed by atoms with van der Waals surface area (Å²) in [5, 5.41) is 13.5. The van der Waals surface area contributed by atoms with Crippen molar-refractivity contribution in [2.24, 2.45) is 0 Å². The third kappa shape index (κ3) is 2.25. The van der Waals surface area contributed by atoms with Crippen LogP contribution in [0, 0.1) is 13.8 Å². The van der Waals surface area contributed by atoms with Crippen LogP contribution in [0.4, 0.5) is 0 Å². The molecule has 3 nitrogen and oxygen atoms in total. The van der Waals surface area contributed by atoms with Crippen LogP contribution in [0.1, 0.15) is 35.4 Å². The van der Waals surface area contributed by atoms with E-state index in [1.165, 1.54) is 6.42 Å². The first-order valence-corrected chi connectivity index (χ1v) is 6.23. The molecule has 1 atom stereocenters. The molecular weight excluding hydrogens is 214 g/mol. The lowest BCUT2D eigenvalue weighted by molar-refractivity contribution is 0.357. The average molecular weight is 235 g/mol. The molecule has 1 aromatic carbocycles. The molecule has 0 amide bonds. The summed E-state index contributed by atoms with van der Waals surface area (Å²) in [4.78, 5) is 0. The van der Waals surface area contributed by atoms with E-state index in [4.69, 9.17) is 4.74 Å². The van der Waals surface area contributed by atoms with E-state index < -0.39 is 0 Å². The first-order valence-electron chi connectivity index (χ1n) is 6.23. The van der Waals surface area contributed by atoms with Crippen molar-refractivity contribution in [1.29, 1.82) is 0 Å². The third-order valence-electron chi connectivity index (χ3n) is 3.74. The van der Waals surface area contributed by atoms with Crippen LogP contribution in [0.5, 0.6) is 11.5 Å². The van der Waals surface area contributed by atoms with Gasteiger partial charge in [-0.05, 0) is 44.4 Å². The third-order valence-corrected chi connectivity index (χ3v) is 3.74. The maximum Gasteiger partial charge on any atom is 0.164 e. The van der Waals surface area contributed by atoms with Crippen LogP contribution in [0.2, 0.25) is 0 Å². The van der Waals surface area contributed by atoms with Crippen molar-refractivity contribution in [3.63, 3.8) is 0 Å². The van der Waals surface area contributed by atoms with Crippen LogP contribution in [0.15, 0.2) is 6.07 Å². The summed E-state index contributed by atoms with van der Waals surface area (Å²) in [5.74, 6) is 1.40. The summed E-state index contributed by atoms with van der Waals surface area (Å²) in [6.45, 7) is 6.03. The minimum atomic E-state index is 0.299. The van der Waals surface area contributed by atoms with Crippen molar-refractivity contribution >= 4 is 0 Å². The monoisotopic (exact) mass is 235 g/mol. The van der Waals surface area contributed by atoms with Crippen molar-refractivity contribution < 1.29 is 9.84 Å². The van der Waals surface area contributed by atoms with Gasteiger partial charge in [-0.1, -0.05) is 6.07 Å². The Hall–Kier alpha value is -1.22. The quantitative estimate of drug-likeness (QED) is 0.827. The fraction of sp³-hybridized carbons (Fsp3) is 0.571. The van der Waals surface area contributed by atoms with E-state index >= 15 is 0 Å². The molecule has 1 aliphatic heterocycles. The molecule has 2 N–H and O–H groups in total. The van der Waals surface area contributed by atoms with Gasteiger partial charge in [0.25, 0.3) is 0 Å². The van der Waals surface area contributed by atoms with E-state index in [0.717, 1.165) is 36.2 Å². The van der Waals surface area contributed by atoms with E-state index in [1.54, 1.807) is 7.11 Å². The van der Waals surface area contributed by atoms with Gasteiger partial charge in [-0.15, -0.1) is 0 Å². The number of rotatable bonds is 2. The van der Waals surface area contributed by atoms with Gasteiger partial charge >= 0.3 is 0 Å². The zero-order valence-corrected chi connectivity index (χ0v) is 10.8. The molecule has 1 heterocycles. The highest BCUT2D eigenvalue weighted by molar-refractivity contribution is 5.55. The summed E-state index contributed by atoms with van der Waals surface area (Å²) in [6, 6.07) is 2.16. The van der Waals surface area contributed by atoms with Gasteiger partial charge in [0.2, 0.25) is 0 Å². The van der Waals surface area contributed by atoms with Gasteiger partial charge in [0.1, 0.15) is 0 Å². The molecule has 0 aromatic heterocycles. The second-order valence-corrected chi connectivity index (χ2v) is 4.83. The Kier molecular flexibility index (Phi) is 3.57. The highest BCUT2D eigenvalue weighted by Crippen LogP contribution is 2.40. The predicted octanol–water partition coefficient (Wildman–Crippen LogP) is 2.48. The molecule has 0 radical (unpaired) electrons. The molecule has 0 bridgehead atoms. The van der Waals surface area contributed by atoms with Gasteiger partial charge in [-0.3, -0.25) is 0 Å². The smallest absolute Gasteiger partial charge is 0.164 e. The second kappa shape index (κ2) is 4.96. The fourth-order valence-corrected chi connectivity index (χ4v) is 2.54. The Labute approximate surface area is 103 Å².